The molecule has 1 aromatic carbocycles. The van der Waals surface area contributed by atoms with E-state index in [9.17, 15) is 14.4 Å². The van der Waals surface area contributed by atoms with E-state index in [4.69, 9.17) is 21.7 Å². The van der Waals surface area contributed by atoms with Crippen LogP contribution in [-0.2, 0) is 19.1 Å². The fourth-order valence-corrected chi connectivity index (χ4v) is 3.12. The normalized spacial score (nSPS) is 16.8. The average Bonchev–Trinajstić information content (AvgIpc) is 2.54. The number of hydrogen-bond donors (Lipinski definition) is 1. The summed E-state index contributed by atoms with van der Waals surface area (Å²) in [5.74, 6) is -0.911. The molecule has 1 aliphatic heterocycles. The van der Waals surface area contributed by atoms with E-state index in [-0.39, 0.29) is 17.6 Å². The van der Waals surface area contributed by atoms with Crippen molar-refractivity contribution in [1.82, 2.24) is 10.2 Å². The van der Waals surface area contributed by atoms with Crippen molar-refractivity contribution in [3.63, 3.8) is 0 Å². The highest BCUT2D eigenvalue weighted by molar-refractivity contribution is 7.80. The Labute approximate surface area is 156 Å². The van der Waals surface area contributed by atoms with Gasteiger partial charge in [0.25, 0.3) is 0 Å². The Morgan fingerprint density at radius 1 is 1.19 bits per heavy atom. The maximum atomic E-state index is 12.5. The number of benzene rings is 1. The lowest BCUT2D eigenvalue weighted by molar-refractivity contribution is -0.139. The Morgan fingerprint density at radius 2 is 1.81 bits per heavy atom. The highest BCUT2D eigenvalue weighted by Crippen LogP contribution is 2.35. The minimum Gasteiger partial charge on any atom is -0.463 e. The number of nitrogens with zero attached hydrogens (tertiary/aromatic N) is 1. The summed E-state index contributed by atoms with van der Waals surface area (Å²) in [4.78, 5) is 37.1. The Balaban J connectivity index is 2.54. The molecule has 0 spiro atoms. The van der Waals surface area contributed by atoms with Gasteiger partial charge in [0.05, 0.1) is 18.2 Å². The topological polar surface area (TPSA) is 84.9 Å². The van der Waals surface area contributed by atoms with E-state index in [0.29, 0.717) is 22.6 Å². The maximum absolute atomic E-state index is 12.5. The van der Waals surface area contributed by atoms with Crippen LogP contribution in [0.5, 0.6) is 5.75 Å². The number of carbonyl (C=O) groups excluding carboxylic acids is 3. The summed E-state index contributed by atoms with van der Waals surface area (Å²) in [6.45, 7) is 6.30. The maximum Gasteiger partial charge on any atom is 0.338 e. The molecule has 7 nitrogen and oxygen atoms in total. The van der Waals surface area contributed by atoms with Crippen molar-refractivity contribution in [3.8, 4) is 5.75 Å². The molecule has 1 heterocycles. The predicted octanol–water partition coefficient (Wildman–Crippen LogP) is 2.23. The first-order chi connectivity index (χ1) is 12.3. The van der Waals surface area contributed by atoms with E-state index >= 15 is 0 Å². The molecule has 1 amide bonds. The van der Waals surface area contributed by atoms with Crippen molar-refractivity contribution < 1.29 is 23.9 Å². The molecular formula is C18H20N2O5S. The quantitative estimate of drug-likeness (QED) is 0.490. The van der Waals surface area contributed by atoms with Gasteiger partial charge in [-0.3, -0.25) is 14.5 Å². The van der Waals surface area contributed by atoms with Gasteiger partial charge in [-0.15, -0.1) is 0 Å². The first-order valence-corrected chi connectivity index (χ1v) is 8.44. The van der Waals surface area contributed by atoms with Crippen LogP contribution in [0, 0.1) is 0 Å². The minimum atomic E-state index is -0.730. The van der Waals surface area contributed by atoms with Crippen LogP contribution in [0.2, 0.25) is 0 Å². The number of nitrogens with one attached hydrogen (secondary N) is 1. The van der Waals surface area contributed by atoms with Crippen molar-refractivity contribution in [1.29, 1.82) is 0 Å². The van der Waals surface area contributed by atoms with Crippen LogP contribution in [0.1, 0.15) is 39.3 Å². The van der Waals surface area contributed by atoms with Gasteiger partial charge in [-0.2, -0.15) is 0 Å². The number of thiocarbonyl (C=S) groups is 1. The lowest BCUT2D eigenvalue weighted by Gasteiger charge is -2.37. The zero-order valence-corrected chi connectivity index (χ0v) is 15.8. The highest BCUT2D eigenvalue weighted by Gasteiger charge is 2.38. The lowest BCUT2D eigenvalue weighted by Crippen LogP contribution is -2.50. The second kappa shape index (κ2) is 8.09. The summed E-state index contributed by atoms with van der Waals surface area (Å²) >= 11 is 5.28. The standard InChI is InChI=1S/C18H20N2O5S/c1-5-24-17(23)15-10(2)19-18(26)20(11(3)21)16(15)13-6-8-14(9-7-13)25-12(4)22/h6-9,16H,5H2,1-4H3,(H,19,26)/t16-/m1/s1. The Kier molecular flexibility index (Phi) is 6.10. The van der Waals surface area contributed by atoms with Crippen LogP contribution < -0.4 is 10.1 Å². The van der Waals surface area contributed by atoms with E-state index in [1.807, 2.05) is 0 Å². The molecule has 0 saturated carbocycles. The summed E-state index contributed by atoms with van der Waals surface area (Å²) in [5, 5.41) is 3.09. The number of rotatable bonds is 4. The average molecular weight is 376 g/mol. The zero-order chi connectivity index (χ0) is 19.4. The number of carbonyl (C=O) groups is 3. The number of esters is 2. The molecule has 1 atom stereocenters. The second-order valence-electron chi connectivity index (χ2n) is 5.64. The van der Waals surface area contributed by atoms with Gasteiger partial charge in [0.2, 0.25) is 5.91 Å². The lowest BCUT2D eigenvalue weighted by atomic mass is 9.93. The van der Waals surface area contributed by atoms with Gasteiger partial charge in [-0.1, -0.05) is 12.1 Å². The number of hydrogen-bond acceptors (Lipinski definition) is 6. The van der Waals surface area contributed by atoms with E-state index in [0.717, 1.165) is 0 Å². The fraction of sp³-hybridized carbons (Fsp3) is 0.333. The molecule has 0 radical (unpaired) electrons. The molecule has 1 aromatic rings. The molecule has 0 aliphatic carbocycles. The molecule has 0 fully saturated rings. The van der Waals surface area contributed by atoms with Crippen LogP contribution in [0.4, 0.5) is 0 Å². The summed E-state index contributed by atoms with van der Waals surface area (Å²) < 4.78 is 10.2. The SMILES string of the molecule is CCOC(=O)C1=C(C)NC(=S)N(C(C)=O)[C@@H]1c1ccc(OC(C)=O)cc1. The molecule has 0 saturated heterocycles. The van der Waals surface area contributed by atoms with Gasteiger partial charge in [-0.25, -0.2) is 4.79 Å². The van der Waals surface area contributed by atoms with Crippen LogP contribution in [0.15, 0.2) is 35.5 Å². The van der Waals surface area contributed by atoms with Crippen molar-refractivity contribution in [3.05, 3.63) is 41.1 Å². The van der Waals surface area contributed by atoms with E-state index in [1.165, 1.54) is 18.7 Å². The largest absolute Gasteiger partial charge is 0.463 e. The molecule has 2 rings (SSSR count). The van der Waals surface area contributed by atoms with Gasteiger partial charge in [0.1, 0.15) is 5.75 Å². The van der Waals surface area contributed by atoms with Crippen molar-refractivity contribution in [2.75, 3.05) is 6.61 Å². The van der Waals surface area contributed by atoms with Crippen molar-refractivity contribution in [2.45, 2.75) is 33.7 Å². The van der Waals surface area contributed by atoms with E-state index < -0.39 is 18.0 Å². The molecule has 8 heteroatoms. The Morgan fingerprint density at radius 3 is 2.31 bits per heavy atom. The fourth-order valence-electron chi connectivity index (χ4n) is 2.74. The molecule has 26 heavy (non-hydrogen) atoms. The molecule has 138 valence electrons. The number of allylic oxidation sites excluding steroid dienone is 1. The Bertz CT molecular complexity index is 785. The van der Waals surface area contributed by atoms with Crippen molar-refractivity contribution >= 4 is 35.2 Å². The van der Waals surface area contributed by atoms with Crippen LogP contribution in [0.3, 0.4) is 0 Å². The minimum absolute atomic E-state index is 0.206. The third kappa shape index (κ3) is 4.08. The van der Waals surface area contributed by atoms with Gasteiger partial charge in [0, 0.05) is 19.5 Å². The van der Waals surface area contributed by atoms with Gasteiger partial charge >= 0.3 is 11.9 Å². The van der Waals surface area contributed by atoms with Gasteiger partial charge in [0.15, 0.2) is 5.11 Å². The summed E-state index contributed by atoms with van der Waals surface area (Å²) in [7, 11) is 0. The zero-order valence-electron chi connectivity index (χ0n) is 15.0. The molecule has 0 bridgehead atoms. The number of ether oxygens (including phenoxy) is 2. The highest BCUT2D eigenvalue weighted by atomic mass is 32.1. The molecular weight excluding hydrogens is 356 g/mol. The van der Waals surface area contributed by atoms with Crippen molar-refractivity contribution in [2.24, 2.45) is 0 Å². The molecule has 1 N–H and O–H groups in total. The van der Waals surface area contributed by atoms with Crippen LogP contribution >= 0.6 is 12.2 Å². The summed E-state index contributed by atoms with van der Waals surface area (Å²) in [5.41, 5.74) is 1.47. The predicted molar refractivity (Wildman–Crippen MR) is 98.1 cm³/mol. The monoisotopic (exact) mass is 376 g/mol. The summed E-state index contributed by atoms with van der Waals surface area (Å²) in [6.07, 6.45) is 0. The Hall–Kier alpha value is -2.74. The van der Waals surface area contributed by atoms with E-state index in [1.54, 1.807) is 38.1 Å². The summed E-state index contributed by atoms with van der Waals surface area (Å²) in [6, 6.07) is 5.82. The molecule has 1 aliphatic rings. The van der Waals surface area contributed by atoms with E-state index in [2.05, 4.69) is 5.32 Å². The van der Waals surface area contributed by atoms with Crippen LogP contribution in [-0.4, -0.2) is 34.5 Å². The molecule has 0 unspecified atom stereocenters. The third-order valence-electron chi connectivity index (χ3n) is 3.74. The van der Waals surface area contributed by atoms with Gasteiger partial charge in [-0.05, 0) is 43.8 Å². The smallest absolute Gasteiger partial charge is 0.338 e. The van der Waals surface area contributed by atoms with Crippen LogP contribution in [0.25, 0.3) is 0 Å². The molecule has 0 aromatic heterocycles. The van der Waals surface area contributed by atoms with Gasteiger partial charge < -0.3 is 14.8 Å². The number of amides is 1. The third-order valence-corrected chi connectivity index (χ3v) is 4.04. The first kappa shape index (κ1) is 19.6. The first-order valence-electron chi connectivity index (χ1n) is 8.03. The second-order valence-corrected chi connectivity index (χ2v) is 6.03.